The second-order valence-electron chi connectivity index (χ2n) is 5.66. The molecule has 0 radical (unpaired) electrons. The lowest BCUT2D eigenvalue weighted by atomic mass is 10.1. The minimum Gasteiger partial charge on any atom is -0.467 e. The molecule has 0 atom stereocenters. The summed E-state index contributed by atoms with van der Waals surface area (Å²) < 4.78 is 5.20. The molecular weight excluding hydrogens is 352 g/mol. The van der Waals surface area contributed by atoms with Crippen molar-refractivity contribution in [3.05, 3.63) is 88.8 Å². The Morgan fingerprint density at radius 1 is 1.00 bits per heavy atom. The average Bonchev–Trinajstić information content (AvgIpc) is 3.13. The van der Waals surface area contributed by atoms with Crippen molar-refractivity contribution in [2.45, 2.75) is 13.0 Å². The average molecular weight is 369 g/mol. The zero-order chi connectivity index (χ0) is 18.4. The van der Waals surface area contributed by atoms with Gasteiger partial charge < -0.3 is 15.1 Å². The van der Waals surface area contributed by atoms with Crippen LogP contribution < -0.4 is 10.6 Å². The van der Waals surface area contributed by atoms with Gasteiger partial charge in [-0.3, -0.25) is 9.59 Å². The molecule has 132 valence electrons. The normalized spacial score (nSPS) is 10.3. The van der Waals surface area contributed by atoms with Gasteiger partial charge >= 0.3 is 0 Å². The molecule has 2 aromatic carbocycles. The number of benzene rings is 2. The molecule has 5 nitrogen and oxygen atoms in total. The fourth-order valence-corrected chi connectivity index (χ4v) is 2.71. The van der Waals surface area contributed by atoms with Crippen LogP contribution in [-0.4, -0.2) is 11.8 Å². The van der Waals surface area contributed by atoms with E-state index in [0.29, 0.717) is 22.0 Å². The van der Waals surface area contributed by atoms with Crippen LogP contribution in [0.1, 0.15) is 21.7 Å². The number of amides is 2. The van der Waals surface area contributed by atoms with E-state index >= 15 is 0 Å². The maximum absolute atomic E-state index is 12.4. The summed E-state index contributed by atoms with van der Waals surface area (Å²) in [5.74, 6) is 0.138. The van der Waals surface area contributed by atoms with E-state index in [2.05, 4.69) is 10.6 Å². The van der Waals surface area contributed by atoms with E-state index in [4.69, 9.17) is 16.0 Å². The second-order valence-corrected chi connectivity index (χ2v) is 6.10. The van der Waals surface area contributed by atoms with Gasteiger partial charge in [0.1, 0.15) is 5.76 Å². The molecule has 2 amide bonds. The van der Waals surface area contributed by atoms with Crippen LogP contribution in [0, 0.1) is 0 Å². The molecule has 26 heavy (non-hydrogen) atoms. The van der Waals surface area contributed by atoms with Crippen molar-refractivity contribution in [2.75, 3.05) is 5.32 Å². The van der Waals surface area contributed by atoms with E-state index in [-0.39, 0.29) is 24.8 Å². The molecule has 0 bridgehead atoms. The Hall–Kier alpha value is -3.05. The molecule has 3 rings (SSSR count). The zero-order valence-corrected chi connectivity index (χ0v) is 14.6. The van der Waals surface area contributed by atoms with Crippen molar-refractivity contribution in [3.63, 3.8) is 0 Å². The number of carbonyl (C=O) groups excluding carboxylic acids is 2. The molecule has 0 spiro atoms. The van der Waals surface area contributed by atoms with E-state index < -0.39 is 0 Å². The van der Waals surface area contributed by atoms with Gasteiger partial charge in [0.25, 0.3) is 5.91 Å². The number of halogens is 1. The van der Waals surface area contributed by atoms with Crippen LogP contribution in [0.15, 0.2) is 71.3 Å². The first-order valence-electron chi connectivity index (χ1n) is 8.06. The van der Waals surface area contributed by atoms with Gasteiger partial charge in [-0.1, -0.05) is 35.9 Å². The number of carbonyl (C=O) groups is 2. The first-order valence-corrected chi connectivity index (χ1v) is 8.43. The third-order valence-electron chi connectivity index (χ3n) is 3.70. The highest BCUT2D eigenvalue weighted by atomic mass is 35.5. The lowest BCUT2D eigenvalue weighted by Crippen LogP contribution is -2.25. The fourth-order valence-electron chi connectivity index (χ4n) is 2.49. The van der Waals surface area contributed by atoms with Crippen LogP contribution in [0.3, 0.4) is 0 Å². The molecule has 6 heteroatoms. The van der Waals surface area contributed by atoms with Gasteiger partial charge in [-0.25, -0.2) is 0 Å². The van der Waals surface area contributed by atoms with E-state index in [1.807, 2.05) is 6.07 Å². The monoisotopic (exact) mass is 368 g/mol. The molecule has 1 heterocycles. The Morgan fingerprint density at radius 3 is 2.62 bits per heavy atom. The molecular formula is C20H17ClN2O3. The summed E-state index contributed by atoms with van der Waals surface area (Å²) in [7, 11) is 0. The first-order chi connectivity index (χ1) is 12.6. The lowest BCUT2D eigenvalue weighted by molar-refractivity contribution is -0.115. The summed E-state index contributed by atoms with van der Waals surface area (Å²) in [6.45, 7) is 0.274. The van der Waals surface area contributed by atoms with E-state index in [1.165, 1.54) is 0 Å². The topological polar surface area (TPSA) is 71.3 Å². The van der Waals surface area contributed by atoms with Crippen LogP contribution in [-0.2, 0) is 17.8 Å². The molecule has 0 aliphatic rings. The Kier molecular flexibility index (Phi) is 5.71. The standard InChI is InChI=1S/C20H17ClN2O3/c21-15-6-3-5-14(11-15)12-19(24)23-18-9-2-1-8-17(18)20(25)22-13-16-7-4-10-26-16/h1-11H,12-13H2,(H,22,25)(H,23,24). The van der Waals surface area contributed by atoms with Crippen LogP contribution in [0.5, 0.6) is 0 Å². The molecule has 3 aromatic rings. The third-order valence-corrected chi connectivity index (χ3v) is 3.94. The maximum Gasteiger partial charge on any atom is 0.253 e. The van der Waals surface area contributed by atoms with Crippen molar-refractivity contribution in [1.82, 2.24) is 5.32 Å². The van der Waals surface area contributed by atoms with Gasteiger partial charge in [0.05, 0.1) is 30.5 Å². The summed E-state index contributed by atoms with van der Waals surface area (Å²) in [6.07, 6.45) is 1.72. The maximum atomic E-state index is 12.4. The molecule has 0 saturated carbocycles. The van der Waals surface area contributed by atoms with Gasteiger partial charge in [-0.2, -0.15) is 0 Å². The largest absolute Gasteiger partial charge is 0.467 e. The summed E-state index contributed by atoms with van der Waals surface area (Å²) in [4.78, 5) is 24.7. The number of para-hydroxylation sites is 1. The highest BCUT2D eigenvalue weighted by Crippen LogP contribution is 2.17. The molecule has 0 aliphatic carbocycles. The van der Waals surface area contributed by atoms with E-state index in [1.54, 1.807) is 60.9 Å². The van der Waals surface area contributed by atoms with E-state index in [0.717, 1.165) is 5.56 Å². The van der Waals surface area contributed by atoms with Gasteiger partial charge in [-0.05, 0) is 42.0 Å². The smallest absolute Gasteiger partial charge is 0.253 e. The SMILES string of the molecule is O=C(Cc1cccc(Cl)c1)Nc1ccccc1C(=O)NCc1ccco1. The Morgan fingerprint density at radius 2 is 1.85 bits per heavy atom. The van der Waals surface area contributed by atoms with Crippen LogP contribution >= 0.6 is 11.6 Å². The Balaban J connectivity index is 1.66. The molecule has 1 aromatic heterocycles. The summed E-state index contributed by atoms with van der Waals surface area (Å²) in [5.41, 5.74) is 1.64. The van der Waals surface area contributed by atoms with E-state index in [9.17, 15) is 9.59 Å². The van der Waals surface area contributed by atoms with Gasteiger partial charge in [0, 0.05) is 5.02 Å². The van der Waals surface area contributed by atoms with Gasteiger partial charge in [0.15, 0.2) is 0 Å². The lowest BCUT2D eigenvalue weighted by Gasteiger charge is -2.11. The fraction of sp³-hybridized carbons (Fsp3) is 0.100. The number of rotatable bonds is 6. The van der Waals surface area contributed by atoms with Crippen molar-refractivity contribution >= 4 is 29.1 Å². The summed E-state index contributed by atoms with van der Waals surface area (Å²) in [6, 6.07) is 17.5. The molecule has 2 N–H and O–H groups in total. The summed E-state index contributed by atoms with van der Waals surface area (Å²) >= 11 is 5.94. The number of furan rings is 1. The highest BCUT2D eigenvalue weighted by Gasteiger charge is 2.13. The number of anilines is 1. The van der Waals surface area contributed by atoms with Crippen LogP contribution in [0.4, 0.5) is 5.69 Å². The van der Waals surface area contributed by atoms with Crippen molar-refractivity contribution in [2.24, 2.45) is 0 Å². The first kappa shape index (κ1) is 17.8. The second kappa shape index (κ2) is 8.36. The minimum atomic E-state index is -0.292. The Labute approximate surface area is 156 Å². The van der Waals surface area contributed by atoms with Crippen LogP contribution in [0.25, 0.3) is 0 Å². The van der Waals surface area contributed by atoms with Crippen molar-refractivity contribution < 1.29 is 14.0 Å². The number of nitrogens with one attached hydrogen (secondary N) is 2. The third kappa shape index (κ3) is 4.74. The highest BCUT2D eigenvalue weighted by molar-refractivity contribution is 6.30. The molecule has 0 unspecified atom stereocenters. The number of hydrogen-bond acceptors (Lipinski definition) is 3. The minimum absolute atomic E-state index is 0.170. The number of hydrogen-bond donors (Lipinski definition) is 2. The predicted molar refractivity (Wildman–Crippen MR) is 100 cm³/mol. The van der Waals surface area contributed by atoms with Gasteiger partial charge in [-0.15, -0.1) is 0 Å². The quantitative estimate of drug-likeness (QED) is 0.689. The molecule has 0 fully saturated rings. The summed E-state index contributed by atoms with van der Waals surface area (Å²) in [5, 5.41) is 6.13. The van der Waals surface area contributed by atoms with Crippen molar-refractivity contribution in [3.8, 4) is 0 Å². The predicted octanol–water partition coefficient (Wildman–Crippen LogP) is 4.04. The Bertz CT molecular complexity index is 907. The van der Waals surface area contributed by atoms with Crippen molar-refractivity contribution in [1.29, 1.82) is 0 Å². The zero-order valence-electron chi connectivity index (χ0n) is 13.9. The molecule has 0 saturated heterocycles. The molecule has 0 aliphatic heterocycles. The van der Waals surface area contributed by atoms with Gasteiger partial charge in [0.2, 0.25) is 5.91 Å². The van der Waals surface area contributed by atoms with Crippen LogP contribution in [0.2, 0.25) is 5.02 Å².